The molecule has 0 saturated heterocycles. The molecule has 1 N–H and O–H groups in total. The van der Waals surface area contributed by atoms with E-state index in [1.165, 1.54) is 12.8 Å². The van der Waals surface area contributed by atoms with Crippen LogP contribution in [0.25, 0.3) is 0 Å². The van der Waals surface area contributed by atoms with E-state index < -0.39 is 12.8 Å². The van der Waals surface area contributed by atoms with Gasteiger partial charge in [-0.2, -0.15) is 13.2 Å². The number of halogens is 3. The highest BCUT2D eigenvalue weighted by Crippen LogP contribution is 2.27. The van der Waals surface area contributed by atoms with Crippen LogP contribution in [0, 0.1) is 5.92 Å². The summed E-state index contributed by atoms with van der Waals surface area (Å²) in [5.74, 6) is 0.973. The van der Waals surface area contributed by atoms with Crippen molar-refractivity contribution in [2.24, 2.45) is 5.92 Å². The molecule has 112 valence electrons. The Hall–Kier alpha value is -1.39. The molecular weight excluding hydrogens is 267 g/mol. The molecule has 0 amide bonds. The zero-order valence-corrected chi connectivity index (χ0v) is 11.5. The van der Waals surface area contributed by atoms with E-state index in [1.54, 1.807) is 24.3 Å². The lowest BCUT2D eigenvalue weighted by molar-refractivity contribution is -0.153. The molecule has 2 unspecified atom stereocenters. The molecule has 1 aliphatic carbocycles. The second-order valence-electron chi connectivity index (χ2n) is 5.54. The Bertz CT molecular complexity index is 416. The summed E-state index contributed by atoms with van der Waals surface area (Å²) in [4.78, 5) is 0. The third kappa shape index (κ3) is 4.94. The molecule has 2 nitrogen and oxygen atoms in total. The van der Waals surface area contributed by atoms with Crippen molar-refractivity contribution < 1.29 is 17.9 Å². The highest BCUT2D eigenvalue weighted by molar-refractivity contribution is 5.47. The van der Waals surface area contributed by atoms with E-state index in [-0.39, 0.29) is 5.75 Å². The molecule has 1 fully saturated rings. The quantitative estimate of drug-likeness (QED) is 0.872. The minimum atomic E-state index is -4.30. The van der Waals surface area contributed by atoms with E-state index in [0.717, 1.165) is 24.4 Å². The first-order valence-corrected chi connectivity index (χ1v) is 6.98. The van der Waals surface area contributed by atoms with Gasteiger partial charge in [-0.1, -0.05) is 19.8 Å². The summed E-state index contributed by atoms with van der Waals surface area (Å²) in [6, 6.07) is 7.14. The second kappa shape index (κ2) is 6.37. The van der Waals surface area contributed by atoms with Crippen LogP contribution in [0.5, 0.6) is 5.75 Å². The van der Waals surface area contributed by atoms with Gasteiger partial charge in [0.2, 0.25) is 0 Å². The van der Waals surface area contributed by atoms with E-state index in [4.69, 9.17) is 0 Å². The summed E-state index contributed by atoms with van der Waals surface area (Å²) in [7, 11) is 0. The van der Waals surface area contributed by atoms with Crippen LogP contribution in [0.2, 0.25) is 0 Å². The minimum Gasteiger partial charge on any atom is -0.484 e. The van der Waals surface area contributed by atoms with E-state index in [2.05, 4.69) is 17.0 Å². The van der Waals surface area contributed by atoms with Crippen LogP contribution in [-0.4, -0.2) is 18.8 Å². The van der Waals surface area contributed by atoms with Crippen LogP contribution in [0.15, 0.2) is 24.3 Å². The van der Waals surface area contributed by atoms with Crippen LogP contribution in [0.4, 0.5) is 18.9 Å². The van der Waals surface area contributed by atoms with Crippen molar-refractivity contribution in [3.8, 4) is 5.75 Å². The molecular formula is C15H20F3NO. The molecule has 0 aromatic heterocycles. The topological polar surface area (TPSA) is 21.3 Å². The molecule has 20 heavy (non-hydrogen) atoms. The van der Waals surface area contributed by atoms with Crippen molar-refractivity contribution in [1.29, 1.82) is 0 Å². The standard InChI is InChI=1S/C15H20F3NO/c1-11-3-2-4-13(9-11)19-12-5-7-14(8-6-12)20-10-15(16,17)18/h5-8,11,13,19H,2-4,9-10H2,1H3. The number of hydrogen-bond acceptors (Lipinski definition) is 2. The molecule has 5 heteroatoms. The molecule has 1 saturated carbocycles. The largest absolute Gasteiger partial charge is 0.484 e. The van der Waals surface area contributed by atoms with Gasteiger partial charge in [-0.15, -0.1) is 0 Å². The summed E-state index contributed by atoms with van der Waals surface area (Å²) in [6.07, 6.45) is 0.506. The lowest BCUT2D eigenvalue weighted by atomic mass is 9.87. The highest BCUT2D eigenvalue weighted by atomic mass is 19.4. The number of benzene rings is 1. The molecule has 2 rings (SSSR count). The predicted molar refractivity (Wildman–Crippen MR) is 73.0 cm³/mol. The van der Waals surface area contributed by atoms with Crippen LogP contribution in [0.3, 0.4) is 0 Å². The molecule has 0 aliphatic heterocycles. The summed E-state index contributed by atoms with van der Waals surface area (Å²) in [6.45, 7) is 1.00. The Morgan fingerprint density at radius 3 is 2.50 bits per heavy atom. The van der Waals surface area contributed by atoms with E-state index in [9.17, 15) is 13.2 Å². The van der Waals surface area contributed by atoms with Gasteiger partial charge in [-0.3, -0.25) is 0 Å². The first-order chi connectivity index (χ1) is 9.42. The van der Waals surface area contributed by atoms with Crippen LogP contribution >= 0.6 is 0 Å². The fraction of sp³-hybridized carbons (Fsp3) is 0.600. The molecule has 1 aliphatic rings. The number of rotatable bonds is 4. The van der Waals surface area contributed by atoms with Crippen molar-refractivity contribution in [3.05, 3.63) is 24.3 Å². The van der Waals surface area contributed by atoms with Crippen LogP contribution in [0.1, 0.15) is 32.6 Å². The normalized spacial score (nSPS) is 23.4. The summed E-state index contributed by atoms with van der Waals surface area (Å²) in [5.41, 5.74) is 0.934. The zero-order valence-electron chi connectivity index (χ0n) is 11.5. The van der Waals surface area contributed by atoms with Crippen molar-refractivity contribution >= 4 is 5.69 Å². The molecule has 1 aromatic rings. The monoisotopic (exact) mass is 287 g/mol. The average molecular weight is 287 g/mol. The maximum absolute atomic E-state index is 12.0. The van der Waals surface area contributed by atoms with E-state index in [0.29, 0.717) is 6.04 Å². The molecule has 0 bridgehead atoms. The van der Waals surface area contributed by atoms with Gasteiger partial charge in [0.25, 0.3) is 0 Å². The van der Waals surface area contributed by atoms with Gasteiger partial charge >= 0.3 is 6.18 Å². The first kappa shape index (κ1) is 15.0. The molecule has 0 spiro atoms. The highest BCUT2D eigenvalue weighted by Gasteiger charge is 2.28. The second-order valence-corrected chi connectivity index (χ2v) is 5.54. The third-order valence-corrected chi connectivity index (χ3v) is 3.56. The average Bonchev–Trinajstić information content (AvgIpc) is 2.37. The SMILES string of the molecule is CC1CCCC(Nc2ccc(OCC(F)(F)F)cc2)C1. The molecule has 0 heterocycles. The first-order valence-electron chi connectivity index (χ1n) is 6.98. The molecule has 2 atom stereocenters. The Morgan fingerprint density at radius 1 is 1.20 bits per heavy atom. The van der Waals surface area contributed by atoms with Crippen molar-refractivity contribution in [2.45, 2.75) is 44.8 Å². The molecule has 0 radical (unpaired) electrons. The lowest BCUT2D eigenvalue weighted by Gasteiger charge is -2.28. The minimum absolute atomic E-state index is 0.241. The maximum Gasteiger partial charge on any atom is 0.422 e. The number of ether oxygens (including phenoxy) is 1. The number of nitrogens with one attached hydrogen (secondary N) is 1. The summed E-state index contributed by atoms with van der Waals surface area (Å²) < 4.78 is 40.8. The van der Waals surface area contributed by atoms with Crippen molar-refractivity contribution in [3.63, 3.8) is 0 Å². The summed E-state index contributed by atoms with van der Waals surface area (Å²) >= 11 is 0. The number of hydrogen-bond donors (Lipinski definition) is 1. The number of alkyl halides is 3. The van der Waals surface area contributed by atoms with Crippen molar-refractivity contribution in [2.75, 3.05) is 11.9 Å². The maximum atomic E-state index is 12.0. The van der Waals surface area contributed by atoms with Gasteiger partial charge < -0.3 is 10.1 Å². The Morgan fingerprint density at radius 2 is 1.90 bits per heavy atom. The zero-order chi connectivity index (χ0) is 14.6. The van der Waals surface area contributed by atoms with Crippen LogP contribution < -0.4 is 10.1 Å². The van der Waals surface area contributed by atoms with Gasteiger partial charge in [0.15, 0.2) is 6.61 Å². The van der Waals surface area contributed by atoms with Gasteiger partial charge in [0.1, 0.15) is 5.75 Å². The van der Waals surface area contributed by atoms with Gasteiger partial charge in [-0.05, 0) is 43.0 Å². The Kier molecular flexibility index (Phi) is 4.78. The Balaban J connectivity index is 1.85. The van der Waals surface area contributed by atoms with Gasteiger partial charge in [-0.25, -0.2) is 0 Å². The fourth-order valence-corrected chi connectivity index (χ4v) is 2.61. The Labute approximate surface area is 117 Å². The lowest BCUT2D eigenvalue weighted by Crippen LogP contribution is -2.26. The number of anilines is 1. The van der Waals surface area contributed by atoms with E-state index in [1.807, 2.05) is 0 Å². The van der Waals surface area contributed by atoms with E-state index >= 15 is 0 Å². The van der Waals surface area contributed by atoms with Gasteiger partial charge in [0, 0.05) is 11.7 Å². The van der Waals surface area contributed by atoms with Crippen LogP contribution in [-0.2, 0) is 0 Å². The molecule has 1 aromatic carbocycles. The smallest absolute Gasteiger partial charge is 0.422 e. The third-order valence-electron chi connectivity index (χ3n) is 3.56. The van der Waals surface area contributed by atoms with Gasteiger partial charge in [0.05, 0.1) is 0 Å². The van der Waals surface area contributed by atoms with Crippen molar-refractivity contribution in [1.82, 2.24) is 0 Å². The summed E-state index contributed by atoms with van der Waals surface area (Å²) in [5, 5.41) is 3.43. The fourth-order valence-electron chi connectivity index (χ4n) is 2.61. The predicted octanol–water partition coefficient (Wildman–Crippen LogP) is 4.62.